The van der Waals surface area contributed by atoms with Gasteiger partial charge in [-0.25, -0.2) is 0 Å². The molecule has 2 rings (SSSR count). The Labute approximate surface area is 114 Å². The van der Waals surface area contributed by atoms with Crippen LogP contribution >= 0.6 is 0 Å². The van der Waals surface area contributed by atoms with Gasteiger partial charge in [-0.2, -0.15) is 0 Å². The first-order valence-electron chi connectivity index (χ1n) is 6.28. The molecule has 3 heteroatoms. The Hall–Kier alpha value is -2.00. The molecule has 2 aromatic rings. The molecule has 0 unspecified atom stereocenters. The molecule has 0 aliphatic carbocycles. The Morgan fingerprint density at radius 3 is 2.42 bits per heavy atom. The van der Waals surface area contributed by atoms with Crippen molar-refractivity contribution in [2.24, 2.45) is 5.73 Å². The van der Waals surface area contributed by atoms with Crippen molar-refractivity contribution in [3.05, 3.63) is 59.2 Å². The van der Waals surface area contributed by atoms with Gasteiger partial charge in [0.2, 0.25) is 0 Å². The molecule has 0 amide bonds. The summed E-state index contributed by atoms with van der Waals surface area (Å²) >= 11 is 0. The molecule has 2 aromatic carbocycles. The second-order valence-electron chi connectivity index (χ2n) is 4.45. The molecule has 19 heavy (non-hydrogen) atoms. The highest BCUT2D eigenvalue weighted by Crippen LogP contribution is 2.22. The van der Waals surface area contributed by atoms with E-state index >= 15 is 0 Å². The van der Waals surface area contributed by atoms with E-state index < -0.39 is 0 Å². The lowest BCUT2D eigenvalue weighted by atomic mass is 10.1. The van der Waals surface area contributed by atoms with Crippen LogP contribution in [0.1, 0.15) is 16.7 Å². The zero-order chi connectivity index (χ0) is 13.7. The van der Waals surface area contributed by atoms with E-state index in [0.717, 1.165) is 22.6 Å². The highest BCUT2D eigenvalue weighted by atomic mass is 16.5. The van der Waals surface area contributed by atoms with Crippen LogP contribution in [0, 0.1) is 6.92 Å². The summed E-state index contributed by atoms with van der Waals surface area (Å²) in [5, 5.41) is 0. The second kappa shape index (κ2) is 6.25. The predicted octanol–water partition coefficient (Wildman–Crippen LogP) is 3.04. The van der Waals surface area contributed by atoms with E-state index in [1.54, 1.807) is 7.11 Å². The van der Waals surface area contributed by atoms with Crippen molar-refractivity contribution in [1.82, 2.24) is 0 Å². The van der Waals surface area contributed by atoms with Crippen LogP contribution in [0.3, 0.4) is 0 Å². The van der Waals surface area contributed by atoms with Crippen LogP contribution in [-0.4, -0.2) is 7.11 Å². The maximum atomic E-state index is 5.77. The standard InChI is InChI=1S/C16H19NO2/c1-12-3-8-16(18-2)14(9-12)11-19-15-6-4-13(10-17)5-7-15/h3-9H,10-11,17H2,1-2H3. The number of rotatable bonds is 5. The van der Waals surface area contributed by atoms with Crippen LogP contribution < -0.4 is 15.2 Å². The number of aryl methyl sites for hydroxylation is 1. The molecule has 0 saturated heterocycles. The molecule has 2 N–H and O–H groups in total. The van der Waals surface area contributed by atoms with Gasteiger partial charge in [0.25, 0.3) is 0 Å². The summed E-state index contributed by atoms with van der Waals surface area (Å²) in [5.74, 6) is 1.69. The van der Waals surface area contributed by atoms with Crippen molar-refractivity contribution >= 4 is 0 Å². The van der Waals surface area contributed by atoms with Gasteiger partial charge in [-0.05, 0) is 36.8 Å². The average molecular weight is 257 g/mol. The van der Waals surface area contributed by atoms with E-state index in [1.165, 1.54) is 5.56 Å². The monoisotopic (exact) mass is 257 g/mol. The van der Waals surface area contributed by atoms with Crippen LogP contribution in [-0.2, 0) is 13.2 Å². The quantitative estimate of drug-likeness (QED) is 0.895. The number of methoxy groups -OCH3 is 1. The van der Waals surface area contributed by atoms with E-state index in [2.05, 4.69) is 13.0 Å². The molecule has 0 aromatic heterocycles. The number of ether oxygens (including phenoxy) is 2. The molecule has 0 saturated carbocycles. The zero-order valence-electron chi connectivity index (χ0n) is 11.3. The first kappa shape index (κ1) is 13.4. The van der Waals surface area contributed by atoms with Crippen LogP contribution in [0.2, 0.25) is 0 Å². The lowest BCUT2D eigenvalue weighted by Gasteiger charge is -2.11. The molecule has 0 aliphatic rings. The fourth-order valence-electron chi connectivity index (χ4n) is 1.90. The van der Waals surface area contributed by atoms with Crippen molar-refractivity contribution in [2.75, 3.05) is 7.11 Å². The van der Waals surface area contributed by atoms with Gasteiger partial charge in [0.1, 0.15) is 18.1 Å². The summed E-state index contributed by atoms with van der Waals surface area (Å²) in [6.07, 6.45) is 0. The maximum Gasteiger partial charge on any atom is 0.125 e. The Morgan fingerprint density at radius 1 is 1.05 bits per heavy atom. The van der Waals surface area contributed by atoms with Gasteiger partial charge >= 0.3 is 0 Å². The average Bonchev–Trinajstić information content (AvgIpc) is 2.46. The van der Waals surface area contributed by atoms with Gasteiger partial charge in [0.15, 0.2) is 0 Å². The Balaban J connectivity index is 2.07. The molecule has 0 aliphatic heterocycles. The first-order chi connectivity index (χ1) is 9.22. The normalized spacial score (nSPS) is 10.3. The van der Waals surface area contributed by atoms with E-state index in [9.17, 15) is 0 Å². The zero-order valence-corrected chi connectivity index (χ0v) is 11.3. The molecule has 0 atom stereocenters. The molecular formula is C16H19NO2. The minimum Gasteiger partial charge on any atom is -0.496 e. The van der Waals surface area contributed by atoms with Gasteiger partial charge in [-0.1, -0.05) is 23.8 Å². The van der Waals surface area contributed by atoms with Crippen molar-refractivity contribution in [2.45, 2.75) is 20.1 Å². The van der Waals surface area contributed by atoms with Crippen LogP contribution in [0.4, 0.5) is 0 Å². The molecular weight excluding hydrogens is 238 g/mol. The fraction of sp³-hybridized carbons (Fsp3) is 0.250. The molecule has 0 radical (unpaired) electrons. The second-order valence-corrected chi connectivity index (χ2v) is 4.45. The SMILES string of the molecule is COc1ccc(C)cc1COc1ccc(CN)cc1. The van der Waals surface area contributed by atoms with Gasteiger partial charge in [-0.3, -0.25) is 0 Å². The number of hydrogen-bond acceptors (Lipinski definition) is 3. The summed E-state index contributed by atoms with van der Waals surface area (Å²) < 4.78 is 11.1. The van der Waals surface area contributed by atoms with E-state index in [1.807, 2.05) is 36.4 Å². The van der Waals surface area contributed by atoms with Crippen molar-refractivity contribution < 1.29 is 9.47 Å². The van der Waals surface area contributed by atoms with Crippen molar-refractivity contribution in [3.63, 3.8) is 0 Å². The van der Waals surface area contributed by atoms with Crippen molar-refractivity contribution in [3.8, 4) is 11.5 Å². The Morgan fingerprint density at radius 2 is 1.79 bits per heavy atom. The maximum absolute atomic E-state index is 5.77. The topological polar surface area (TPSA) is 44.5 Å². The van der Waals surface area contributed by atoms with E-state index in [4.69, 9.17) is 15.2 Å². The minimum absolute atomic E-state index is 0.493. The highest BCUT2D eigenvalue weighted by molar-refractivity contribution is 5.37. The third-order valence-corrected chi connectivity index (χ3v) is 2.99. The minimum atomic E-state index is 0.493. The third-order valence-electron chi connectivity index (χ3n) is 2.99. The predicted molar refractivity (Wildman–Crippen MR) is 76.4 cm³/mol. The largest absolute Gasteiger partial charge is 0.496 e. The van der Waals surface area contributed by atoms with Gasteiger partial charge in [0, 0.05) is 12.1 Å². The molecule has 0 fully saturated rings. The third kappa shape index (κ3) is 3.48. The van der Waals surface area contributed by atoms with Crippen molar-refractivity contribution in [1.29, 1.82) is 0 Å². The van der Waals surface area contributed by atoms with Gasteiger partial charge < -0.3 is 15.2 Å². The van der Waals surface area contributed by atoms with E-state index in [0.29, 0.717) is 13.2 Å². The van der Waals surface area contributed by atoms with Crippen LogP contribution in [0.15, 0.2) is 42.5 Å². The number of benzene rings is 2. The summed E-state index contributed by atoms with van der Waals surface area (Å²) in [7, 11) is 1.67. The Bertz CT molecular complexity index is 535. The molecule has 0 spiro atoms. The summed E-state index contributed by atoms with van der Waals surface area (Å²) in [5.41, 5.74) is 8.90. The molecule has 100 valence electrons. The first-order valence-corrected chi connectivity index (χ1v) is 6.28. The molecule has 0 bridgehead atoms. The number of hydrogen-bond donors (Lipinski definition) is 1. The Kier molecular flexibility index (Phi) is 4.42. The van der Waals surface area contributed by atoms with Gasteiger partial charge in [0.05, 0.1) is 7.11 Å². The molecule has 3 nitrogen and oxygen atoms in total. The summed E-state index contributed by atoms with van der Waals surface area (Å²) in [4.78, 5) is 0. The van der Waals surface area contributed by atoms with E-state index in [-0.39, 0.29) is 0 Å². The lowest BCUT2D eigenvalue weighted by molar-refractivity contribution is 0.296. The van der Waals surface area contributed by atoms with Crippen LogP contribution in [0.5, 0.6) is 11.5 Å². The lowest BCUT2D eigenvalue weighted by Crippen LogP contribution is -2.00. The van der Waals surface area contributed by atoms with Crippen LogP contribution in [0.25, 0.3) is 0 Å². The van der Waals surface area contributed by atoms with Gasteiger partial charge in [-0.15, -0.1) is 0 Å². The number of nitrogens with two attached hydrogens (primary N) is 1. The fourth-order valence-corrected chi connectivity index (χ4v) is 1.90. The smallest absolute Gasteiger partial charge is 0.125 e. The highest BCUT2D eigenvalue weighted by Gasteiger charge is 2.04. The summed E-state index contributed by atoms with van der Waals surface area (Å²) in [6.45, 7) is 3.10. The summed E-state index contributed by atoms with van der Waals surface area (Å²) in [6, 6.07) is 13.9. The molecule has 0 heterocycles.